The van der Waals surface area contributed by atoms with Gasteiger partial charge in [0.2, 0.25) is 0 Å². The molecule has 0 aliphatic heterocycles. The van der Waals surface area contributed by atoms with E-state index in [-0.39, 0.29) is 6.03 Å². The molecule has 0 aliphatic rings. The van der Waals surface area contributed by atoms with E-state index in [1.165, 1.54) is 11.3 Å². The van der Waals surface area contributed by atoms with Gasteiger partial charge < -0.3 is 9.88 Å². The summed E-state index contributed by atoms with van der Waals surface area (Å²) in [5.74, 6) is 0. The van der Waals surface area contributed by atoms with Crippen molar-refractivity contribution < 1.29 is 4.79 Å². The van der Waals surface area contributed by atoms with Crippen LogP contribution in [0.4, 0.5) is 15.5 Å². The van der Waals surface area contributed by atoms with E-state index < -0.39 is 0 Å². The number of hydrogen-bond donors (Lipinski definition) is 2. The third kappa shape index (κ3) is 3.54. The molecule has 4 aromatic rings. The van der Waals surface area contributed by atoms with E-state index in [1.54, 1.807) is 24.3 Å². The average molecular weight is 397 g/mol. The van der Waals surface area contributed by atoms with Gasteiger partial charge in [0, 0.05) is 34.2 Å². The molecule has 0 radical (unpaired) electrons. The number of hydrogen-bond acceptors (Lipinski definition) is 3. The van der Waals surface area contributed by atoms with Crippen LogP contribution in [-0.2, 0) is 0 Å². The summed E-state index contributed by atoms with van der Waals surface area (Å²) in [5.41, 5.74) is 3.68. The predicted molar refractivity (Wildman–Crippen MR) is 113 cm³/mol. The van der Waals surface area contributed by atoms with Crippen molar-refractivity contribution in [3.63, 3.8) is 0 Å². The molecule has 0 atom stereocenters. The number of anilines is 2. The van der Waals surface area contributed by atoms with Crippen LogP contribution in [0.3, 0.4) is 0 Å². The first-order valence-electron chi connectivity index (χ1n) is 8.39. The molecule has 0 saturated heterocycles. The number of rotatable bonds is 3. The normalized spacial score (nSPS) is 10.9. The van der Waals surface area contributed by atoms with Gasteiger partial charge in [-0.2, -0.15) is 0 Å². The first-order chi connectivity index (χ1) is 13.0. The van der Waals surface area contributed by atoms with Crippen molar-refractivity contribution >= 4 is 49.9 Å². The molecule has 0 aliphatic carbocycles. The Morgan fingerprint density at radius 1 is 1.11 bits per heavy atom. The largest absolute Gasteiger partial charge is 0.324 e. The fourth-order valence-corrected chi connectivity index (χ4v) is 4.35. The van der Waals surface area contributed by atoms with Crippen molar-refractivity contribution in [1.29, 1.82) is 0 Å². The first kappa shape index (κ1) is 17.6. The molecule has 3 aromatic heterocycles. The van der Waals surface area contributed by atoms with Gasteiger partial charge in [-0.3, -0.25) is 5.32 Å². The summed E-state index contributed by atoms with van der Waals surface area (Å²) >= 11 is 7.36. The maximum Gasteiger partial charge on any atom is 0.324 e. The Morgan fingerprint density at radius 3 is 2.52 bits per heavy atom. The number of pyridine rings is 1. The summed E-state index contributed by atoms with van der Waals surface area (Å²) in [4.78, 5) is 18.1. The van der Waals surface area contributed by atoms with E-state index in [1.807, 2.05) is 36.0 Å². The second kappa shape index (κ2) is 7.06. The van der Waals surface area contributed by atoms with Gasteiger partial charge in [0.05, 0.1) is 5.69 Å². The minimum atomic E-state index is -0.313. The van der Waals surface area contributed by atoms with Gasteiger partial charge in [0.1, 0.15) is 9.83 Å². The molecular formula is C20H17ClN4OS. The maximum absolute atomic E-state index is 12.5. The molecule has 0 unspecified atom stereocenters. The Morgan fingerprint density at radius 2 is 1.81 bits per heavy atom. The molecule has 0 bridgehead atoms. The highest BCUT2D eigenvalue weighted by atomic mass is 35.5. The minimum absolute atomic E-state index is 0.313. The summed E-state index contributed by atoms with van der Waals surface area (Å²) in [6.45, 7) is 4.04. The molecule has 2 amide bonds. The SMILES string of the molecule is Cc1cc(C)c2c(-n3cccc3)c(NC(=O)Nc3ccc(Cl)cc3)sc2n1. The Labute approximate surface area is 165 Å². The van der Waals surface area contributed by atoms with E-state index in [9.17, 15) is 4.79 Å². The third-order valence-electron chi connectivity index (χ3n) is 4.15. The highest BCUT2D eigenvalue weighted by Gasteiger charge is 2.19. The van der Waals surface area contributed by atoms with E-state index in [4.69, 9.17) is 11.6 Å². The van der Waals surface area contributed by atoms with Crippen molar-refractivity contribution in [3.05, 3.63) is 71.1 Å². The molecular weight excluding hydrogens is 380 g/mol. The fraction of sp³-hybridized carbons (Fsp3) is 0.100. The van der Waals surface area contributed by atoms with Gasteiger partial charge >= 0.3 is 6.03 Å². The molecule has 136 valence electrons. The number of aromatic nitrogens is 2. The van der Waals surface area contributed by atoms with Crippen LogP contribution in [0.1, 0.15) is 11.3 Å². The lowest BCUT2D eigenvalue weighted by molar-refractivity contribution is 0.262. The van der Waals surface area contributed by atoms with E-state index in [0.29, 0.717) is 10.7 Å². The van der Waals surface area contributed by atoms with Crippen LogP contribution in [0.2, 0.25) is 5.02 Å². The molecule has 1 aromatic carbocycles. The van der Waals surface area contributed by atoms with E-state index in [2.05, 4.69) is 28.6 Å². The fourth-order valence-electron chi connectivity index (χ4n) is 3.04. The van der Waals surface area contributed by atoms with Crippen molar-refractivity contribution in [3.8, 4) is 5.69 Å². The molecule has 5 nitrogen and oxygen atoms in total. The van der Waals surface area contributed by atoms with Gasteiger partial charge in [-0.25, -0.2) is 9.78 Å². The van der Waals surface area contributed by atoms with Crippen LogP contribution in [0.25, 0.3) is 15.9 Å². The Balaban J connectivity index is 1.72. The zero-order chi connectivity index (χ0) is 19.0. The number of halogens is 1. The number of thiophene rings is 1. The van der Waals surface area contributed by atoms with Crippen molar-refractivity contribution in [2.24, 2.45) is 0 Å². The molecule has 7 heteroatoms. The molecule has 0 spiro atoms. The molecule has 27 heavy (non-hydrogen) atoms. The summed E-state index contributed by atoms with van der Waals surface area (Å²) in [5, 5.41) is 8.21. The van der Waals surface area contributed by atoms with Crippen LogP contribution in [0, 0.1) is 13.8 Å². The summed E-state index contributed by atoms with van der Waals surface area (Å²) < 4.78 is 2.00. The van der Waals surface area contributed by atoms with Gasteiger partial charge in [0.25, 0.3) is 0 Å². The lowest BCUT2D eigenvalue weighted by atomic mass is 10.1. The molecule has 0 fully saturated rings. The number of amides is 2. The standard InChI is InChI=1S/C20H17ClN4OS/c1-12-11-13(2)22-18-16(12)17(25-9-3-4-10-25)19(27-18)24-20(26)23-15-7-5-14(21)6-8-15/h3-11H,1-2H3,(H2,23,24,26). The topological polar surface area (TPSA) is 59.0 Å². The monoisotopic (exact) mass is 396 g/mol. The number of nitrogens with one attached hydrogen (secondary N) is 2. The Hall–Kier alpha value is -2.83. The Kier molecular flexibility index (Phi) is 4.59. The van der Waals surface area contributed by atoms with Crippen LogP contribution in [0.15, 0.2) is 54.9 Å². The maximum atomic E-state index is 12.5. The van der Waals surface area contributed by atoms with Gasteiger partial charge in [-0.05, 0) is 61.9 Å². The number of fused-ring (bicyclic) bond motifs is 1. The highest BCUT2D eigenvalue weighted by molar-refractivity contribution is 7.23. The summed E-state index contributed by atoms with van der Waals surface area (Å²) in [6.07, 6.45) is 3.92. The Bertz CT molecular complexity index is 1120. The van der Waals surface area contributed by atoms with Gasteiger partial charge in [-0.1, -0.05) is 22.9 Å². The van der Waals surface area contributed by atoms with Crippen LogP contribution >= 0.6 is 22.9 Å². The molecule has 0 saturated carbocycles. The number of nitrogens with zero attached hydrogens (tertiary/aromatic N) is 2. The molecule has 3 heterocycles. The summed E-state index contributed by atoms with van der Waals surface area (Å²) in [7, 11) is 0. The van der Waals surface area contributed by atoms with Crippen molar-refractivity contribution in [2.75, 3.05) is 10.6 Å². The van der Waals surface area contributed by atoms with Crippen LogP contribution in [-0.4, -0.2) is 15.6 Å². The van der Waals surface area contributed by atoms with Crippen LogP contribution in [0.5, 0.6) is 0 Å². The zero-order valence-corrected chi connectivity index (χ0v) is 16.4. The third-order valence-corrected chi connectivity index (χ3v) is 5.39. The lowest BCUT2D eigenvalue weighted by Gasteiger charge is -2.10. The van der Waals surface area contributed by atoms with Gasteiger partial charge in [-0.15, -0.1) is 0 Å². The second-order valence-corrected chi connectivity index (χ2v) is 7.65. The zero-order valence-electron chi connectivity index (χ0n) is 14.8. The first-order valence-corrected chi connectivity index (χ1v) is 9.58. The number of urea groups is 1. The predicted octanol–water partition coefficient (Wildman–Crippen LogP) is 6.00. The molecule has 4 rings (SSSR count). The van der Waals surface area contributed by atoms with Crippen LogP contribution < -0.4 is 10.6 Å². The average Bonchev–Trinajstić information content (AvgIpc) is 3.24. The summed E-state index contributed by atoms with van der Waals surface area (Å²) in [6, 6.07) is 12.6. The second-order valence-electron chi connectivity index (χ2n) is 6.22. The number of carbonyl (C=O) groups excluding carboxylic acids is 1. The van der Waals surface area contributed by atoms with E-state index >= 15 is 0 Å². The quantitative estimate of drug-likeness (QED) is 0.446. The number of carbonyl (C=O) groups is 1. The number of aryl methyl sites for hydroxylation is 2. The molecule has 2 N–H and O–H groups in total. The minimum Gasteiger partial charge on any atom is -0.321 e. The van der Waals surface area contributed by atoms with Crippen molar-refractivity contribution in [1.82, 2.24) is 9.55 Å². The highest BCUT2D eigenvalue weighted by Crippen LogP contribution is 2.39. The van der Waals surface area contributed by atoms with E-state index in [0.717, 1.165) is 32.2 Å². The number of benzene rings is 1. The van der Waals surface area contributed by atoms with Crippen molar-refractivity contribution in [2.45, 2.75) is 13.8 Å². The smallest absolute Gasteiger partial charge is 0.321 e. The lowest BCUT2D eigenvalue weighted by Crippen LogP contribution is -2.19. The van der Waals surface area contributed by atoms with Gasteiger partial charge in [0.15, 0.2) is 0 Å².